The highest BCUT2D eigenvalue weighted by molar-refractivity contribution is 5.89. The molecule has 1 heterocycles. The van der Waals surface area contributed by atoms with Gasteiger partial charge in [0.2, 0.25) is 0 Å². The minimum absolute atomic E-state index is 0.297. The summed E-state index contributed by atoms with van der Waals surface area (Å²) in [6.07, 6.45) is 6.65. The van der Waals surface area contributed by atoms with E-state index in [1.807, 2.05) is 25.1 Å². The van der Waals surface area contributed by atoms with Crippen molar-refractivity contribution in [2.45, 2.75) is 52.4 Å². The number of hydrogen-bond acceptors (Lipinski definition) is 5. The van der Waals surface area contributed by atoms with Gasteiger partial charge in [-0.1, -0.05) is 24.4 Å². The first-order valence-corrected chi connectivity index (χ1v) is 9.01. The summed E-state index contributed by atoms with van der Waals surface area (Å²) in [5.41, 5.74) is 1.50. The Bertz CT molecular complexity index is 633. The predicted molar refractivity (Wildman–Crippen MR) is 95.9 cm³/mol. The maximum atomic E-state index is 11.6. The van der Waals surface area contributed by atoms with Gasteiger partial charge in [-0.05, 0) is 51.0 Å². The van der Waals surface area contributed by atoms with Crippen molar-refractivity contribution in [1.29, 1.82) is 0 Å². The number of unbranched alkanes of at least 4 members (excludes halogenated alkanes) is 4. The summed E-state index contributed by atoms with van der Waals surface area (Å²) < 4.78 is 15.9. The molecule has 2 aromatic rings. The van der Waals surface area contributed by atoms with Crippen LogP contribution in [0, 0.1) is 6.92 Å². The molecule has 0 radical (unpaired) electrons. The van der Waals surface area contributed by atoms with Gasteiger partial charge in [0.1, 0.15) is 11.5 Å². The summed E-state index contributed by atoms with van der Waals surface area (Å²) in [4.78, 5) is 11.6. The fraction of sp³-hybridized carbons (Fsp3) is 0.500. The monoisotopic (exact) mass is 345 g/mol. The summed E-state index contributed by atoms with van der Waals surface area (Å²) in [5, 5.41) is 3.89. The zero-order valence-electron chi connectivity index (χ0n) is 15.1. The number of rotatable bonds is 11. The summed E-state index contributed by atoms with van der Waals surface area (Å²) >= 11 is 0. The molecule has 0 amide bonds. The highest BCUT2D eigenvalue weighted by Gasteiger charge is 2.05. The van der Waals surface area contributed by atoms with Crippen molar-refractivity contribution in [3.05, 3.63) is 47.3 Å². The van der Waals surface area contributed by atoms with Gasteiger partial charge in [-0.3, -0.25) is 0 Å². The minimum Gasteiger partial charge on any atom is -0.494 e. The summed E-state index contributed by atoms with van der Waals surface area (Å²) in [5.74, 6) is 1.47. The third kappa shape index (κ3) is 6.99. The number of esters is 1. The van der Waals surface area contributed by atoms with Crippen LogP contribution in [0.3, 0.4) is 0 Å². The smallest absolute Gasteiger partial charge is 0.338 e. The van der Waals surface area contributed by atoms with Gasteiger partial charge in [0.05, 0.1) is 24.5 Å². The van der Waals surface area contributed by atoms with Crippen LogP contribution in [0.4, 0.5) is 0 Å². The molecule has 0 saturated heterocycles. The zero-order valence-corrected chi connectivity index (χ0v) is 15.1. The second-order valence-electron chi connectivity index (χ2n) is 6.05. The summed E-state index contributed by atoms with van der Waals surface area (Å²) in [7, 11) is 0. The third-order valence-corrected chi connectivity index (χ3v) is 3.88. The standard InChI is InChI=1S/C20H27NO4/c1-3-23-20(22)17-10-12-18(13-11-17)24-14-8-6-4-5-7-9-19-15-16(2)21-25-19/h10-13,15H,3-9,14H2,1-2H3. The van der Waals surface area contributed by atoms with E-state index in [2.05, 4.69) is 5.16 Å². The molecule has 0 unspecified atom stereocenters. The molecular formula is C20H27NO4. The van der Waals surface area contributed by atoms with Crippen molar-refractivity contribution >= 4 is 5.97 Å². The van der Waals surface area contributed by atoms with Gasteiger partial charge in [0, 0.05) is 12.5 Å². The van der Waals surface area contributed by atoms with Gasteiger partial charge in [0.15, 0.2) is 0 Å². The van der Waals surface area contributed by atoms with Crippen molar-refractivity contribution in [2.75, 3.05) is 13.2 Å². The lowest BCUT2D eigenvalue weighted by molar-refractivity contribution is 0.0526. The lowest BCUT2D eigenvalue weighted by atomic mass is 10.1. The summed E-state index contributed by atoms with van der Waals surface area (Å²) in [6, 6.07) is 9.09. The van der Waals surface area contributed by atoms with E-state index in [1.165, 1.54) is 12.8 Å². The lowest BCUT2D eigenvalue weighted by Crippen LogP contribution is -2.04. The predicted octanol–water partition coefficient (Wildman–Crippen LogP) is 4.73. The molecule has 136 valence electrons. The highest BCUT2D eigenvalue weighted by Crippen LogP contribution is 2.14. The van der Waals surface area contributed by atoms with Gasteiger partial charge < -0.3 is 14.0 Å². The zero-order chi connectivity index (χ0) is 17.9. The topological polar surface area (TPSA) is 61.6 Å². The van der Waals surface area contributed by atoms with Crippen LogP contribution in [0.25, 0.3) is 0 Å². The molecule has 0 atom stereocenters. The molecule has 0 saturated carbocycles. The number of hydrogen-bond donors (Lipinski definition) is 0. The molecule has 1 aromatic heterocycles. The van der Waals surface area contributed by atoms with Gasteiger partial charge in [-0.15, -0.1) is 0 Å². The largest absolute Gasteiger partial charge is 0.494 e. The van der Waals surface area contributed by atoms with Crippen LogP contribution in [0.15, 0.2) is 34.9 Å². The first-order valence-electron chi connectivity index (χ1n) is 9.01. The number of ether oxygens (including phenoxy) is 2. The van der Waals surface area contributed by atoms with E-state index in [4.69, 9.17) is 14.0 Å². The van der Waals surface area contributed by atoms with Crippen LogP contribution >= 0.6 is 0 Å². The Labute approximate surface area is 149 Å². The highest BCUT2D eigenvalue weighted by atomic mass is 16.5. The van der Waals surface area contributed by atoms with Crippen molar-refractivity contribution in [2.24, 2.45) is 0 Å². The average Bonchev–Trinajstić information content (AvgIpc) is 3.03. The fourth-order valence-corrected chi connectivity index (χ4v) is 2.56. The van der Waals surface area contributed by atoms with Crippen LogP contribution in [0.1, 0.15) is 60.8 Å². The SMILES string of the molecule is CCOC(=O)c1ccc(OCCCCCCCc2cc(C)no2)cc1. The van der Waals surface area contributed by atoms with Crippen LogP contribution in [-0.2, 0) is 11.2 Å². The van der Waals surface area contributed by atoms with Crippen molar-refractivity contribution in [1.82, 2.24) is 5.16 Å². The maximum absolute atomic E-state index is 11.6. The molecule has 0 aliphatic rings. The Morgan fingerprint density at radius 3 is 2.48 bits per heavy atom. The number of carbonyl (C=O) groups is 1. The molecular weight excluding hydrogens is 318 g/mol. The molecule has 5 nitrogen and oxygen atoms in total. The van der Waals surface area contributed by atoms with Crippen molar-refractivity contribution in [3.63, 3.8) is 0 Å². The molecule has 0 spiro atoms. The Kier molecular flexibility index (Phi) is 8.02. The van der Waals surface area contributed by atoms with Gasteiger partial charge in [-0.25, -0.2) is 4.79 Å². The van der Waals surface area contributed by atoms with Crippen LogP contribution < -0.4 is 4.74 Å². The number of carbonyl (C=O) groups excluding carboxylic acids is 1. The number of benzene rings is 1. The molecule has 1 aromatic carbocycles. The second kappa shape index (κ2) is 10.5. The minimum atomic E-state index is -0.297. The Morgan fingerprint density at radius 2 is 1.80 bits per heavy atom. The summed E-state index contributed by atoms with van der Waals surface area (Å²) in [6.45, 7) is 4.82. The molecule has 5 heteroatoms. The molecule has 0 aliphatic heterocycles. The van der Waals surface area contributed by atoms with Gasteiger partial charge >= 0.3 is 5.97 Å². The molecule has 25 heavy (non-hydrogen) atoms. The average molecular weight is 345 g/mol. The number of aryl methyl sites for hydroxylation is 2. The van der Waals surface area contributed by atoms with E-state index >= 15 is 0 Å². The molecule has 0 N–H and O–H groups in total. The number of aromatic nitrogens is 1. The van der Waals surface area contributed by atoms with Crippen LogP contribution in [0.5, 0.6) is 5.75 Å². The Hall–Kier alpha value is -2.30. The number of nitrogens with zero attached hydrogens (tertiary/aromatic N) is 1. The van der Waals surface area contributed by atoms with E-state index in [9.17, 15) is 4.79 Å². The van der Waals surface area contributed by atoms with E-state index < -0.39 is 0 Å². The quantitative estimate of drug-likeness (QED) is 0.435. The van der Waals surface area contributed by atoms with Crippen molar-refractivity contribution < 1.29 is 18.8 Å². The first-order chi connectivity index (χ1) is 12.2. The molecule has 0 fully saturated rings. The van der Waals surface area contributed by atoms with Crippen molar-refractivity contribution in [3.8, 4) is 5.75 Å². The normalized spacial score (nSPS) is 10.6. The molecule has 0 aliphatic carbocycles. The molecule has 0 bridgehead atoms. The van der Waals surface area contributed by atoms with Crippen LogP contribution in [-0.4, -0.2) is 24.3 Å². The Balaban J connectivity index is 1.52. The van der Waals surface area contributed by atoms with E-state index in [0.717, 1.165) is 42.9 Å². The van der Waals surface area contributed by atoms with Gasteiger partial charge in [0.25, 0.3) is 0 Å². The maximum Gasteiger partial charge on any atom is 0.338 e. The van der Waals surface area contributed by atoms with Crippen LogP contribution in [0.2, 0.25) is 0 Å². The second-order valence-corrected chi connectivity index (χ2v) is 6.05. The van der Waals surface area contributed by atoms with E-state index in [0.29, 0.717) is 18.8 Å². The lowest BCUT2D eigenvalue weighted by Gasteiger charge is -2.07. The van der Waals surface area contributed by atoms with Gasteiger partial charge in [-0.2, -0.15) is 0 Å². The Morgan fingerprint density at radius 1 is 1.08 bits per heavy atom. The third-order valence-electron chi connectivity index (χ3n) is 3.88. The molecule has 2 rings (SSSR count). The van der Waals surface area contributed by atoms with E-state index in [1.54, 1.807) is 19.1 Å². The van der Waals surface area contributed by atoms with E-state index in [-0.39, 0.29) is 5.97 Å². The fourth-order valence-electron chi connectivity index (χ4n) is 2.56. The first kappa shape index (κ1) is 19.0.